The van der Waals surface area contributed by atoms with Gasteiger partial charge >= 0.3 is 0 Å². The predicted molar refractivity (Wildman–Crippen MR) is 71.3 cm³/mol. The fourth-order valence-corrected chi connectivity index (χ4v) is 1.96. The Kier molecular flexibility index (Phi) is 3.93. The second-order valence-corrected chi connectivity index (χ2v) is 4.62. The van der Waals surface area contributed by atoms with Crippen LogP contribution in [0.25, 0.3) is 0 Å². The zero-order valence-electron chi connectivity index (χ0n) is 8.95. The van der Waals surface area contributed by atoms with E-state index in [1.807, 2.05) is 0 Å². The van der Waals surface area contributed by atoms with Crippen LogP contribution in [0.15, 0.2) is 41.0 Å². The Labute approximate surface area is 116 Å². The molecule has 0 aliphatic rings. The minimum absolute atomic E-state index is 0.0579. The molecule has 92 valence electrons. The summed E-state index contributed by atoms with van der Waals surface area (Å²) >= 11 is 8.97. The third kappa shape index (κ3) is 2.86. The molecule has 0 radical (unpaired) electrons. The molecule has 18 heavy (non-hydrogen) atoms. The summed E-state index contributed by atoms with van der Waals surface area (Å²) < 4.78 is 14.1. The number of nitrogens with zero attached hydrogens (tertiary/aromatic N) is 1. The lowest BCUT2D eigenvalue weighted by Crippen LogP contribution is -2.15. The maximum Gasteiger partial charge on any atom is 0.261 e. The number of nitrogens with one attached hydrogen (secondary N) is 1. The zero-order chi connectivity index (χ0) is 13.1. The van der Waals surface area contributed by atoms with Crippen molar-refractivity contribution < 1.29 is 9.18 Å². The van der Waals surface area contributed by atoms with Gasteiger partial charge in [0.2, 0.25) is 0 Å². The number of aromatic nitrogens is 1. The SMILES string of the molecule is O=C(Nc1cccc(Br)n1)c1c(F)cccc1Cl. The molecule has 1 aromatic carbocycles. The standard InChI is InChI=1S/C12H7BrClFN2O/c13-9-5-2-6-10(16-9)17-12(18)11-7(14)3-1-4-8(11)15/h1-6H,(H,16,17,18). The summed E-state index contributed by atoms with van der Waals surface area (Å²) in [4.78, 5) is 15.9. The van der Waals surface area contributed by atoms with Gasteiger partial charge in [0.1, 0.15) is 16.2 Å². The van der Waals surface area contributed by atoms with Crippen molar-refractivity contribution in [2.24, 2.45) is 0 Å². The summed E-state index contributed by atoms with van der Waals surface area (Å²) in [6.07, 6.45) is 0. The topological polar surface area (TPSA) is 42.0 Å². The summed E-state index contributed by atoms with van der Waals surface area (Å²) in [6.45, 7) is 0. The van der Waals surface area contributed by atoms with Gasteiger partial charge in [-0.15, -0.1) is 0 Å². The van der Waals surface area contributed by atoms with Gasteiger partial charge in [0, 0.05) is 0 Å². The number of hydrogen-bond donors (Lipinski definition) is 1. The molecule has 1 N–H and O–H groups in total. The van der Waals surface area contributed by atoms with Crippen LogP contribution in [0.2, 0.25) is 5.02 Å². The van der Waals surface area contributed by atoms with Gasteiger partial charge in [-0.25, -0.2) is 9.37 Å². The monoisotopic (exact) mass is 328 g/mol. The second kappa shape index (κ2) is 5.46. The summed E-state index contributed by atoms with van der Waals surface area (Å²) in [5.41, 5.74) is -0.194. The largest absolute Gasteiger partial charge is 0.306 e. The number of hydrogen-bond acceptors (Lipinski definition) is 2. The molecule has 2 aromatic rings. The van der Waals surface area contributed by atoms with Crippen molar-refractivity contribution >= 4 is 39.3 Å². The smallest absolute Gasteiger partial charge is 0.261 e. The van der Waals surface area contributed by atoms with Crippen molar-refractivity contribution in [3.63, 3.8) is 0 Å². The fraction of sp³-hybridized carbons (Fsp3) is 0. The van der Waals surface area contributed by atoms with E-state index in [9.17, 15) is 9.18 Å². The van der Waals surface area contributed by atoms with E-state index in [1.165, 1.54) is 18.2 Å². The van der Waals surface area contributed by atoms with Crippen molar-refractivity contribution in [2.45, 2.75) is 0 Å². The molecule has 0 bridgehead atoms. The molecule has 1 heterocycles. The molecule has 0 spiro atoms. The van der Waals surface area contributed by atoms with Crippen LogP contribution in [0.3, 0.4) is 0 Å². The molecule has 0 atom stereocenters. The van der Waals surface area contributed by atoms with Crippen LogP contribution in [0.1, 0.15) is 10.4 Å². The van der Waals surface area contributed by atoms with E-state index in [2.05, 4.69) is 26.2 Å². The van der Waals surface area contributed by atoms with Gasteiger partial charge in [0.25, 0.3) is 5.91 Å². The average molecular weight is 330 g/mol. The first kappa shape index (κ1) is 13.0. The highest BCUT2D eigenvalue weighted by atomic mass is 79.9. The quantitative estimate of drug-likeness (QED) is 0.849. The van der Waals surface area contributed by atoms with Crippen LogP contribution in [0.5, 0.6) is 0 Å². The van der Waals surface area contributed by atoms with Crippen molar-refractivity contribution in [3.05, 3.63) is 57.4 Å². The van der Waals surface area contributed by atoms with Gasteiger partial charge in [0.15, 0.2) is 0 Å². The van der Waals surface area contributed by atoms with E-state index in [1.54, 1.807) is 18.2 Å². The normalized spacial score (nSPS) is 10.2. The van der Waals surface area contributed by atoms with Crippen LogP contribution in [-0.4, -0.2) is 10.9 Å². The van der Waals surface area contributed by atoms with Gasteiger partial charge in [-0.1, -0.05) is 23.7 Å². The third-order valence-corrected chi connectivity index (χ3v) is 2.90. The molecular formula is C12H7BrClFN2O. The molecular weight excluding hydrogens is 322 g/mol. The van der Waals surface area contributed by atoms with Crippen molar-refractivity contribution in [2.75, 3.05) is 5.32 Å². The van der Waals surface area contributed by atoms with E-state index < -0.39 is 11.7 Å². The first-order valence-corrected chi connectivity index (χ1v) is 6.13. The van der Waals surface area contributed by atoms with Crippen LogP contribution >= 0.6 is 27.5 Å². The van der Waals surface area contributed by atoms with E-state index >= 15 is 0 Å². The Morgan fingerprint density at radius 3 is 2.67 bits per heavy atom. The summed E-state index contributed by atoms with van der Waals surface area (Å²) in [5, 5.41) is 2.53. The highest BCUT2D eigenvalue weighted by Crippen LogP contribution is 2.20. The summed E-state index contributed by atoms with van der Waals surface area (Å²) in [7, 11) is 0. The van der Waals surface area contributed by atoms with Gasteiger partial charge in [-0.2, -0.15) is 0 Å². The van der Waals surface area contributed by atoms with Crippen LogP contribution in [0.4, 0.5) is 10.2 Å². The number of amides is 1. The molecule has 6 heteroatoms. The van der Waals surface area contributed by atoms with Gasteiger partial charge in [-0.05, 0) is 40.2 Å². The zero-order valence-corrected chi connectivity index (χ0v) is 11.3. The summed E-state index contributed by atoms with van der Waals surface area (Å²) in [6, 6.07) is 9.08. The molecule has 2 rings (SSSR count). The Balaban J connectivity index is 2.28. The minimum Gasteiger partial charge on any atom is -0.306 e. The van der Waals surface area contributed by atoms with E-state index in [-0.39, 0.29) is 10.6 Å². The predicted octanol–water partition coefficient (Wildman–Crippen LogP) is 3.89. The maximum atomic E-state index is 13.5. The molecule has 3 nitrogen and oxygen atoms in total. The number of benzene rings is 1. The first-order chi connectivity index (χ1) is 8.58. The Morgan fingerprint density at radius 1 is 1.28 bits per heavy atom. The van der Waals surface area contributed by atoms with Crippen molar-refractivity contribution in [1.29, 1.82) is 0 Å². The number of anilines is 1. The molecule has 0 fully saturated rings. The molecule has 1 amide bonds. The third-order valence-electron chi connectivity index (χ3n) is 2.15. The van der Waals surface area contributed by atoms with E-state index in [0.717, 1.165) is 0 Å². The number of carbonyl (C=O) groups is 1. The average Bonchev–Trinajstić information content (AvgIpc) is 2.28. The number of carbonyl (C=O) groups excluding carboxylic acids is 1. The fourth-order valence-electron chi connectivity index (χ4n) is 1.37. The molecule has 0 saturated carbocycles. The lowest BCUT2D eigenvalue weighted by atomic mass is 10.2. The first-order valence-electron chi connectivity index (χ1n) is 4.96. The Bertz CT molecular complexity index is 586. The van der Waals surface area contributed by atoms with Gasteiger partial charge < -0.3 is 5.32 Å². The number of pyridine rings is 1. The number of rotatable bonds is 2. The summed E-state index contributed by atoms with van der Waals surface area (Å²) in [5.74, 6) is -0.993. The molecule has 0 aliphatic carbocycles. The maximum absolute atomic E-state index is 13.5. The van der Waals surface area contributed by atoms with Crippen LogP contribution in [0, 0.1) is 5.82 Å². The Morgan fingerprint density at radius 2 is 2.00 bits per heavy atom. The molecule has 0 aliphatic heterocycles. The number of halogens is 3. The molecule has 1 aromatic heterocycles. The highest BCUT2D eigenvalue weighted by molar-refractivity contribution is 9.10. The lowest BCUT2D eigenvalue weighted by molar-refractivity contribution is 0.102. The van der Waals surface area contributed by atoms with E-state index in [4.69, 9.17) is 11.6 Å². The van der Waals surface area contributed by atoms with E-state index in [0.29, 0.717) is 10.4 Å². The molecule has 0 saturated heterocycles. The Hall–Kier alpha value is -1.46. The van der Waals surface area contributed by atoms with Crippen molar-refractivity contribution in [3.8, 4) is 0 Å². The minimum atomic E-state index is -0.671. The second-order valence-electron chi connectivity index (χ2n) is 3.40. The van der Waals surface area contributed by atoms with Crippen LogP contribution < -0.4 is 5.32 Å². The lowest BCUT2D eigenvalue weighted by Gasteiger charge is -2.07. The van der Waals surface area contributed by atoms with Crippen molar-refractivity contribution in [1.82, 2.24) is 4.98 Å². The van der Waals surface area contributed by atoms with Gasteiger partial charge in [-0.3, -0.25) is 4.79 Å². The highest BCUT2D eigenvalue weighted by Gasteiger charge is 2.16. The van der Waals surface area contributed by atoms with Crippen LogP contribution in [-0.2, 0) is 0 Å². The van der Waals surface area contributed by atoms with Gasteiger partial charge in [0.05, 0.1) is 10.6 Å². The molecule has 0 unspecified atom stereocenters.